The molecule has 4 aliphatic heterocycles. The van der Waals surface area contributed by atoms with Gasteiger partial charge >= 0.3 is 89.5 Å². The lowest BCUT2D eigenvalue weighted by atomic mass is 9.35. The fourth-order valence-corrected chi connectivity index (χ4v) is 20.5. The van der Waals surface area contributed by atoms with E-state index in [1.807, 2.05) is 40.7 Å². The van der Waals surface area contributed by atoms with Gasteiger partial charge in [-0.25, -0.2) is 0 Å². The zero-order valence-corrected chi connectivity index (χ0v) is 73.8. The molecule has 0 N–H and O–H groups in total. The highest BCUT2D eigenvalue weighted by Crippen LogP contribution is 2.77. The van der Waals surface area contributed by atoms with Gasteiger partial charge in [0.2, 0.25) is 0 Å². The van der Waals surface area contributed by atoms with Gasteiger partial charge in [0.1, 0.15) is 50.3 Å². The van der Waals surface area contributed by atoms with Crippen LogP contribution < -0.4 is 0 Å². The first-order valence-electron chi connectivity index (χ1n) is 41.2. The molecule has 0 radical (unpaired) electrons. The minimum Gasteiger partial charge on any atom is -0.463 e. The van der Waals surface area contributed by atoms with Crippen molar-refractivity contribution in [3.63, 3.8) is 0 Å². The fourth-order valence-electron chi connectivity index (χ4n) is 20.5. The fraction of sp³-hybridized carbons (Fsp3) is 0.798. The van der Waals surface area contributed by atoms with E-state index in [2.05, 4.69) is 20.8 Å². The van der Waals surface area contributed by atoms with Crippen LogP contribution in [0.15, 0.2) is 11.6 Å². The van der Waals surface area contributed by atoms with Crippen molar-refractivity contribution in [2.45, 2.75) is 358 Å². The van der Waals surface area contributed by atoms with E-state index < -0.39 is 290 Å². The number of ether oxygens (including phenoxy) is 23. The summed E-state index contributed by atoms with van der Waals surface area (Å²) in [6.45, 7) is 30.2. The van der Waals surface area contributed by atoms with Crippen molar-refractivity contribution in [3.05, 3.63) is 11.6 Å². The molecule has 4 aliphatic carbocycles. The van der Waals surface area contributed by atoms with Crippen molar-refractivity contribution in [2.75, 3.05) is 26.4 Å². The number of fused-ring (bicyclic) bond motifs is 5. The molecule has 38 heteroatoms. The second-order valence-corrected chi connectivity index (χ2v) is 34.6. The molecule has 0 spiro atoms. The van der Waals surface area contributed by atoms with E-state index in [-0.39, 0.29) is 24.7 Å². The largest absolute Gasteiger partial charge is 0.463 e. The van der Waals surface area contributed by atoms with Gasteiger partial charge in [-0.2, -0.15) is 0 Å². The van der Waals surface area contributed by atoms with Crippen LogP contribution in [0.25, 0.3) is 0 Å². The lowest BCUT2D eigenvalue weighted by Gasteiger charge is -2.71. The zero-order chi connectivity index (χ0) is 90.9. The third kappa shape index (κ3) is 23.5. The molecule has 4 saturated heterocycles. The second-order valence-electron chi connectivity index (χ2n) is 34.6. The summed E-state index contributed by atoms with van der Waals surface area (Å²) in [5.41, 5.74) is -3.19. The Labute approximate surface area is 708 Å². The van der Waals surface area contributed by atoms with Crippen molar-refractivity contribution in [1.29, 1.82) is 0 Å². The van der Waals surface area contributed by atoms with Crippen molar-refractivity contribution in [2.24, 2.45) is 45.3 Å². The molecule has 8 fully saturated rings. The van der Waals surface area contributed by atoms with Crippen molar-refractivity contribution in [3.8, 4) is 0 Å². The summed E-state index contributed by atoms with van der Waals surface area (Å²) in [5.74, 6) is -14.6. The summed E-state index contributed by atoms with van der Waals surface area (Å²) in [4.78, 5) is 196. The number of rotatable bonds is 31. The van der Waals surface area contributed by atoms with Crippen LogP contribution in [-0.2, 0) is 181 Å². The molecule has 0 amide bonds. The van der Waals surface area contributed by atoms with E-state index in [0.717, 1.165) is 103 Å². The van der Waals surface area contributed by atoms with E-state index in [9.17, 15) is 71.9 Å². The van der Waals surface area contributed by atoms with Crippen molar-refractivity contribution < 1.29 is 181 Å². The maximum atomic E-state index is 14.1. The molecule has 0 aromatic heterocycles. The summed E-state index contributed by atoms with van der Waals surface area (Å²) in [5, 5.41) is 0. The predicted octanol–water partition coefficient (Wildman–Crippen LogP) is 6.36. The molecule has 122 heavy (non-hydrogen) atoms. The molecule has 30 atom stereocenters. The van der Waals surface area contributed by atoms with E-state index in [0.29, 0.717) is 44.9 Å². The predicted molar refractivity (Wildman–Crippen MR) is 409 cm³/mol. The number of esters is 15. The van der Waals surface area contributed by atoms with Gasteiger partial charge in [-0.05, 0) is 118 Å². The van der Waals surface area contributed by atoms with Crippen LogP contribution in [0, 0.1) is 45.3 Å². The van der Waals surface area contributed by atoms with E-state index in [1.54, 1.807) is 0 Å². The Morgan fingerprint density at radius 3 is 1.07 bits per heavy atom. The summed E-state index contributed by atoms with van der Waals surface area (Å²) >= 11 is 0. The summed E-state index contributed by atoms with van der Waals surface area (Å²) in [7, 11) is 0. The van der Waals surface area contributed by atoms with Crippen molar-refractivity contribution >= 4 is 89.5 Å². The number of carbonyl (C=O) groups excluding carboxylic acids is 15. The number of allylic oxidation sites excluding steroid dienone is 2. The first-order chi connectivity index (χ1) is 56.8. The number of carbonyl (C=O) groups is 15. The molecule has 0 unspecified atom stereocenters. The lowest BCUT2D eigenvalue weighted by molar-refractivity contribution is -0.379. The van der Waals surface area contributed by atoms with Crippen LogP contribution in [0.4, 0.5) is 0 Å². The third-order valence-electron chi connectivity index (χ3n) is 25.0. The molecular formula is C84H122O38. The minimum absolute atomic E-state index is 0.215. The van der Waals surface area contributed by atoms with Gasteiger partial charge in [0.25, 0.3) is 0 Å². The van der Waals surface area contributed by atoms with Gasteiger partial charge in [0.05, 0.1) is 18.3 Å². The maximum Gasteiger partial charge on any atom is 0.303 e. The molecule has 38 nitrogen and oxygen atoms in total. The number of hydrogen-bond donors (Lipinski definition) is 0. The van der Waals surface area contributed by atoms with Crippen LogP contribution in [0.2, 0.25) is 0 Å². The molecule has 8 aliphatic rings. The Morgan fingerprint density at radius 1 is 0.344 bits per heavy atom. The standard InChI is InChI=1S/C84H122O38/c1-38(2)25-24-29-84(23,122-79-75(115-53(17)99)71(112-50(14)96)67(108-46(10)92)59(119-79)37-103-76-72(113-51(15)97)68(109-47(11)93)64(105-43(7)89)56(116-76)34-100-39(3)85)54-26-31-83(22)63(54)55(104-42(6)88)33-61-81(20)30-28-62(80(18,19)60(81)27-32-82(61,83)21)120-77-74(70(111-49(13)95)66(107-45(9)91)57(117-77)35-101-40(4)86)121-78-73(114-52(16)98)69(110-48(12)94)65(106-44(8)90)58(118-78)36-102-41(5)87/h25,54-79H,24,26-37H2,1-23H3/t54-,55+,56+,57+,58+,59+,60-,61+,62-,63-,64+,65+,66+,67+,68-,69-,70-,71-,72+,73+,74+,75+,76+,77-,78-,79-,81-,82+,83+,84-/m0/s1. The number of hydrogen-bond acceptors (Lipinski definition) is 38. The Kier molecular flexibility index (Phi) is 33.3. The summed E-state index contributed by atoms with van der Waals surface area (Å²) < 4.78 is 142. The van der Waals surface area contributed by atoms with Crippen LogP contribution in [-0.4, -0.2) is 257 Å². The highest BCUT2D eigenvalue weighted by atomic mass is 16.8. The minimum atomic E-state index is -1.95. The highest BCUT2D eigenvalue weighted by Gasteiger charge is 2.74. The van der Waals surface area contributed by atoms with Crippen LogP contribution in [0.1, 0.15) is 217 Å². The van der Waals surface area contributed by atoms with Gasteiger partial charge in [-0.3, -0.25) is 71.9 Å². The topological polar surface area (TPSA) is 468 Å². The Morgan fingerprint density at radius 2 is 0.680 bits per heavy atom. The first kappa shape index (κ1) is 98.9. The third-order valence-corrected chi connectivity index (χ3v) is 25.0. The van der Waals surface area contributed by atoms with Gasteiger partial charge in [0.15, 0.2) is 98.4 Å². The normalized spacial score (nSPS) is 36.7. The molecular weight excluding hydrogens is 1620 g/mol. The highest BCUT2D eigenvalue weighted by molar-refractivity contribution is 5.72. The smallest absolute Gasteiger partial charge is 0.303 e. The van der Waals surface area contributed by atoms with Crippen LogP contribution in [0.5, 0.6) is 0 Å². The molecule has 4 saturated carbocycles. The molecule has 0 aromatic carbocycles. The first-order valence-corrected chi connectivity index (χ1v) is 41.2. The second kappa shape index (κ2) is 41.1. The van der Waals surface area contributed by atoms with Gasteiger partial charge in [0, 0.05) is 110 Å². The lowest BCUT2D eigenvalue weighted by Crippen LogP contribution is -2.69. The Bertz CT molecular complexity index is 3870. The average molecular weight is 1740 g/mol. The summed E-state index contributed by atoms with van der Waals surface area (Å²) in [6.07, 6.45) is -29.6. The molecule has 0 aromatic rings. The van der Waals surface area contributed by atoms with Crippen molar-refractivity contribution in [1.82, 2.24) is 0 Å². The Balaban J connectivity index is 1.19. The molecule has 8 rings (SSSR count). The van der Waals surface area contributed by atoms with E-state index >= 15 is 0 Å². The van der Waals surface area contributed by atoms with Gasteiger partial charge in [-0.15, -0.1) is 0 Å². The van der Waals surface area contributed by atoms with E-state index in [1.165, 1.54) is 6.92 Å². The van der Waals surface area contributed by atoms with Crippen LogP contribution >= 0.6 is 0 Å². The van der Waals surface area contributed by atoms with Gasteiger partial charge in [-0.1, -0.05) is 46.3 Å². The molecule has 4 heterocycles. The molecule has 686 valence electrons. The average Bonchev–Trinajstić information content (AvgIpc) is 1.38. The quantitative estimate of drug-likeness (QED) is 0.0315. The van der Waals surface area contributed by atoms with Crippen LogP contribution in [0.3, 0.4) is 0 Å². The van der Waals surface area contributed by atoms with E-state index in [4.69, 9.17) is 109 Å². The van der Waals surface area contributed by atoms with Gasteiger partial charge < -0.3 is 109 Å². The maximum absolute atomic E-state index is 14.1. The monoisotopic (exact) mass is 1740 g/mol. The SMILES string of the molecule is CC(=O)OC[C@H]1O[C@@H](OC[C@H]2O[C@@H](O[C@@](C)(CCC=C(C)C)[C@H]3CC[C@]4(C)[C@@H]3[C@H](OC(C)=O)C[C@@H]3[C@@]5(C)CC[C@H](O[C@@H]6O[C@H](COC(C)=O)[C@@H](OC(C)=O)[C@H](OC(C)=O)[C@H]6O[C@@H]6O[C@H](COC(C)=O)[C@@H](OC(C)=O)[C@H](OC(C)=O)[C@H]6OC(C)=O)C(C)(C)[C@@H]5CC[C@]34C)[C@H](OC(C)=O)[C@@H](OC(C)=O)[C@@H]2OC(C)=O)[C@H](OC(C)=O)[C@@H](OC(C)=O)[C@@H]1OC(C)=O. The Hall–Kier alpha value is -8.53. The summed E-state index contributed by atoms with van der Waals surface area (Å²) in [6, 6.07) is 0. The zero-order valence-electron chi connectivity index (χ0n) is 73.8. The molecule has 0 bridgehead atoms.